The fourth-order valence-electron chi connectivity index (χ4n) is 2.36. The fraction of sp³-hybridized carbons (Fsp3) is 0.105. The zero-order valence-electron chi connectivity index (χ0n) is 15.8. The van der Waals surface area contributed by atoms with Gasteiger partial charge in [-0.25, -0.2) is 19.7 Å². The number of H-pyrrole nitrogens is 2. The van der Waals surface area contributed by atoms with Crippen molar-refractivity contribution in [1.82, 2.24) is 20.6 Å². The second-order valence-electron chi connectivity index (χ2n) is 6.06. The molecule has 10 nitrogen and oxygen atoms in total. The summed E-state index contributed by atoms with van der Waals surface area (Å²) in [6.07, 6.45) is 1.38. The zero-order chi connectivity index (χ0) is 22.2. The first-order valence-electron chi connectivity index (χ1n) is 8.83. The van der Waals surface area contributed by atoms with Crippen molar-refractivity contribution in [1.29, 1.82) is 0 Å². The summed E-state index contributed by atoms with van der Waals surface area (Å²) in [4.78, 5) is 36.1. The van der Waals surface area contributed by atoms with Crippen LogP contribution in [0.15, 0.2) is 57.2 Å². The molecule has 0 radical (unpaired) electrons. The normalized spacial score (nSPS) is 10.8. The minimum atomic E-state index is -0.757. The Morgan fingerprint density at radius 1 is 1.26 bits per heavy atom. The number of benzene rings is 2. The average molecular weight is 447 g/mol. The SMILES string of the molecule is O=C(CNc1n[nH]c(=O)[nH]c1=O)N/N=C/c1cccc(OCc2c(F)cccc2Cl)c1. The van der Waals surface area contributed by atoms with Crippen molar-refractivity contribution in [2.24, 2.45) is 5.10 Å². The van der Waals surface area contributed by atoms with Crippen LogP contribution in [0.1, 0.15) is 11.1 Å². The molecule has 12 heteroatoms. The standard InChI is InChI=1S/C19H16ClFN6O4/c20-14-5-2-6-15(21)13(14)10-31-12-4-1-3-11(7-12)8-23-25-16(28)9-22-17-18(29)24-19(30)27-26-17/h1-8H,9-10H2,(H,22,26)(H,25,28)(H2,24,27,29,30)/b23-8+. The molecule has 160 valence electrons. The quantitative estimate of drug-likeness (QED) is 0.304. The van der Waals surface area contributed by atoms with Crippen LogP contribution in [0.25, 0.3) is 0 Å². The van der Waals surface area contributed by atoms with Crippen molar-refractivity contribution in [2.75, 3.05) is 11.9 Å². The number of nitrogens with one attached hydrogen (secondary N) is 4. The molecule has 1 heterocycles. The number of hydrogen-bond acceptors (Lipinski definition) is 7. The minimum Gasteiger partial charge on any atom is -0.489 e. The van der Waals surface area contributed by atoms with Crippen molar-refractivity contribution in [3.63, 3.8) is 0 Å². The lowest BCUT2D eigenvalue weighted by atomic mass is 10.2. The molecule has 2 aromatic carbocycles. The first-order chi connectivity index (χ1) is 14.9. The number of ether oxygens (including phenoxy) is 1. The Balaban J connectivity index is 1.52. The Morgan fingerprint density at radius 2 is 2.06 bits per heavy atom. The van der Waals surface area contributed by atoms with E-state index < -0.39 is 23.0 Å². The van der Waals surface area contributed by atoms with E-state index in [0.29, 0.717) is 11.3 Å². The molecule has 0 aliphatic carbocycles. The van der Waals surface area contributed by atoms with Gasteiger partial charge >= 0.3 is 5.69 Å². The van der Waals surface area contributed by atoms with E-state index in [0.717, 1.165) is 0 Å². The number of hydrazone groups is 1. The molecule has 0 spiro atoms. The molecule has 4 N–H and O–H groups in total. The number of rotatable bonds is 8. The summed E-state index contributed by atoms with van der Waals surface area (Å²) in [5.74, 6) is -0.760. The first kappa shape index (κ1) is 21.7. The Kier molecular flexibility index (Phi) is 7.12. The second kappa shape index (κ2) is 10.2. The fourth-order valence-corrected chi connectivity index (χ4v) is 2.58. The molecule has 1 amide bonds. The van der Waals surface area contributed by atoms with Crippen LogP contribution in [-0.2, 0) is 11.4 Å². The number of nitrogens with zero attached hydrogens (tertiary/aromatic N) is 2. The van der Waals surface area contributed by atoms with Crippen molar-refractivity contribution in [2.45, 2.75) is 6.61 Å². The van der Waals surface area contributed by atoms with Crippen molar-refractivity contribution in [3.8, 4) is 5.75 Å². The van der Waals surface area contributed by atoms with Crippen LogP contribution in [0.4, 0.5) is 10.2 Å². The molecule has 3 rings (SSSR count). The van der Waals surface area contributed by atoms with Crippen LogP contribution < -0.4 is 26.7 Å². The third-order valence-corrected chi connectivity index (χ3v) is 4.19. The van der Waals surface area contributed by atoms with Crippen LogP contribution in [0, 0.1) is 5.82 Å². The van der Waals surface area contributed by atoms with Crippen molar-refractivity contribution < 1.29 is 13.9 Å². The van der Waals surface area contributed by atoms with Crippen LogP contribution in [0.5, 0.6) is 5.75 Å². The molecular weight excluding hydrogens is 431 g/mol. The molecular formula is C19H16ClFN6O4. The van der Waals surface area contributed by atoms with Gasteiger partial charge in [0.25, 0.3) is 11.5 Å². The predicted molar refractivity (Wildman–Crippen MR) is 112 cm³/mol. The maximum atomic E-state index is 13.8. The van der Waals surface area contributed by atoms with Gasteiger partial charge in [-0.2, -0.15) is 5.10 Å². The molecule has 0 fully saturated rings. The zero-order valence-corrected chi connectivity index (χ0v) is 16.6. The smallest absolute Gasteiger partial charge is 0.342 e. The lowest BCUT2D eigenvalue weighted by Gasteiger charge is -2.09. The van der Waals surface area contributed by atoms with E-state index in [1.54, 1.807) is 30.3 Å². The van der Waals surface area contributed by atoms with Gasteiger partial charge in [0.2, 0.25) is 5.82 Å². The van der Waals surface area contributed by atoms with E-state index in [1.807, 2.05) is 10.1 Å². The van der Waals surface area contributed by atoms with Crippen molar-refractivity contribution in [3.05, 3.63) is 85.3 Å². The molecule has 31 heavy (non-hydrogen) atoms. The van der Waals surface area contributed by atoms with E-state index in [9.17, 15) is 18.8 Å². The third kappa shape index (κ3) is 6.24. The number of carbonyl (C=O) groups is 1. The van der Waals surface area contributed by atoms with Gasteiger partial charge in [-0.3, -0.25) is 14.6 Å². The number of aromatic nitrogens is 3. The highest BCUT2D eigenvalue weighted by atomic mass is 35.5. The van der Waals surface area contributed by atoms with E-state index in [2.05, 4.69) is 20.9 Å². The van der Waals surface area contributed by atoms with Gasteiger partial charge in [0, 0.05) is 5.56 Å². The van der Waals surface area contributed by atoms with Gasteiger partial charge in [-0.15, -0.1) is 5.10 Å². The van der Waals surface area contributed by atoms with E-state index in [-0.39, 0.29) is 29.6 Å². The molecule has 0 bridgehead atoms. The van der Waals surface area contributed by atoms with Crippen LogP contribution in [0.3, 0.4) is 0 Å². The molecule has 0 atom stereocenters. The van der Waals surface area contributed by atoms with Crippen LogP contribution >= 0.6 is 11.6 Å². The molecule has 1 aromatic heterocycles. The largest absolute Gasteiger partial charge is 0.489 e. The van der Waals surface area contributed by atoms with Gasteiger partial charge in [0.1, 0.15) is 18.2 Å². The Labute approximate surface area is 179 Å². The molecule has 0 aliphatic rings. The lowest BCUT2D eigenvalue weighted by molar-refractivity contribution is -0.119. The highest BCUT2D eigenvalue weighted by molar-refractivity contribution is 6.31. The van der Waals surface area contributed by atoms with Gasteiger partial charge < -0.3 is 10.1 Å². The number of carbonyl (C=O) groups excluding carboxylic acids is 1. The Morgan fingerprint density at radius 3 is 2.84 bits per heavy atom. The number of amides is 1. The summed E-state index contributed by atoms with van der Waals surface area (Å²) < 4.78 is 19.4. The van der Waals surface area contributed by atoms with E-state index >= 15 is 0 Å². The molecule has 3 aromatic rings. The van der Waals surface area contributed by atoms with Crippen molar-refractivity contribution >= 4 is 29.5 Å². The summed E-state index contributed by atoms with van der Waals surface area (Å²) in [5, 5.41) is 12.1. The van der Waals surface area contributed by atoms with Crippen LogP contribution in [-0.4, -0.2) is 33.8 Å². The third-order valence-electron chi connectivity index (χ3n) is 3.83. The highest BCUT2D eigenvalue weighted by Gasteiger charge is 2.08. The number of halogens is 2. The van der Waals surface area contributed by atoms with Gasteiger partial charge in [0.05, 0.1) is 17.8 Å². The number of anilines is 1. The lowest BCUT2D eigenvalue weighted by Crippen LogP contribution is -2.31. The van der Waals surface area contributed by atoms with Crippen LogP contribution in [0.2, 0.25) is 5.02 Å². The monoisotopic (exact) mass is 446 g/mol. The number of aromatic amines is 2. The van der Waals surface area contributed by atoms with Gasteiger partial charge in [-0.05, 0) is 29.8 Å². The summed E-state index contributed by atoms with van der Waals surface area (Å²) in [7, 11) is 0. The predicted octanol–water partition coefficient (Wildman–Crippen LogP) is 1.39. The minimum absolute atomic E-state index is 0.0492. The Bertz CT molecular complexity index is 1210. The van der Waals surface area contributed by atoms with Gasteiger partial charge in [-0.1, -0.05) is 29.8 Å². The van der Waals surface area contributed by atoms with E-state index in [1.165, 1.54) is 18.3 Å². The first-order valence-corrected chi connectivity index (χ1v) is 9.20. The number of hydrogen-bond donors (Lipinski definition) is 4. The second-order valence-corrected chi connectivity index (χ2v) is 6.47. The maximum Gasteiger partial charge on any atom is 0.342 e. The molecule has 0 aliphatic heterocycles. The highest BCUT2D eigenvalue weighted by Crippen LogP contribution is 2.21. The summed E-state index contributed by atoms with van der Waals surface area (Å²) in [6.45, 7) is -0.349. The van der Waals surface area contributed by atoms with Gasteiger partial charge in [0.15, 0.2) is 0 Å². The average Bonchev–Trinajstić information content (AvgIpc) is 2.73. The molecule has 0 unspecified atom stereocenters. The molecule has 0 saturated carbocycles. The molecule has 0 saturated heterocycles. The Hall–Kier alpha value is -3.99. The summed E-state index contributed by atoms with van der Waals surface area (Å²) in [6, 6.07) is 11.1. The topological polar surface area (TPSA) is 141 Å². The summed E-state index contributed by atoms with van der Waals surface area (Å²) >= 11 is 5.98. The van der Waals surface area contributed by atoms with E-state index in [4.69, 9.17) is 16.3 Å². The maximum absolute atomic E-state index is 13.8. The summed E-state index contributed by atoms with van der Waals surface area (Å²) in [5.41, 5.74) is 1.62.